The van der Waals surface area contributed by atoms with Gasteiger partial charge in [0.05, 0.1) is 0 Å². The molecule has 0 aromatic carbocycles. The Morgan fingerprint density at radius 2 is 2.62 bits per heavy atom. The Hall–Kier alpha value is -0.840. The molecule has 4 nitrogen and oxygen atoms in total. The molecular formula is C3H4N2O2S. The first kappa shape index (κ1) is 5.30. The SMILES string of the molecule is NC1=NS(=O)OC=C1. The summed E-state index contributed by atoms with van der Waals surface area (Å²) in [6.45, 7) is 0. The average molecular weight is 132 g/mol. The van der Waals surface area contributed by atoms with Crippen molar-refractivity contribution < 1.29 is 8.39 Å². The van der Waals surface area contributed by atoms with Gasteiger partial charge in [-0.25, -0.2) is 0 Å². The summed E-state index contributed by atoms with van der Waals surface area (Å²) in [5.74, 6) is 0.231. The molecule has 1 heterocycles. The van der Waals surface area contributed by atoms with Crippen molar-refractivity contribution in [1.29, 1.82) is 0 Å². The standard InChI is InChI=1S/C3H4N2O2S/c4-3-1-2-7-8(6)5-3/h1-2H,(H2,4,5). The number of nitrogens with zero attached hydrogens (tertiary/aromatic N) is 1. The normalized spacial score (nSPS) is 26.5. The second kappa shape index (κ2) is 1.95. The van der Waals surface area contributed by atoms with Crippen LogP contribution in [0.4, 0.5) is 0 Å². The Balaban J connectivity index is 2.77. The van der Waals surface area contributed by atoms with Crippen LogP contribution in [0.2, 0.25) is 0 Å². The van der Waals surface area contributed by atoms with Crippen molar-refractivity contribution in [3.05, 3.63) is 12.3 Å². The maximum absolute atomic E-state index is 10.2. The highest BCUT2D eigenvalue weighted by molar-refractivity contribution is 7.79. The number of hydrogen-bond acceptors (Lipinski definition) is 3. The van der Waals surface area contributed by atoms with Gasteiger partial charge in [0, 0.05) is 6.08 Å². The third-order valence-corrected chi connectivity index (χ3v) is 1.19. The molecule has 0 spiro atoms. The zero-order valence-electron chi connectivity index (χ0n) is 3.90. The molecule has 1 aliphatic heterocycles. The fourth-order valence-corrected chi connectivity index (χ4v) is 0.710. The van der Waals surface area contributed by atoms with Crippen molar-refractivity contribution in [2.45, 2.75) is 0 Å². The first-order valence-corrected chi connectivity index (χ1v) is 2.92. The Labute approximate surface area is 48.8 Å². The predicted octanol–water partition coefficient (Wildman–Crippen LogP) is -0.534. The van der Waals surface area contributed by atoms with Crippen molar-refractivity contribution in [2.75, 3.05) is 0 Å². The fraction of sp³-hybridized carbons (Fsp3) is 0. The maximum Gasteiger partial charge on any atom is 0.340 e. The van der Waals surface area contributed by atoms with Gasteiger partial charge in [0.1, 0.15) is 12.1 Å². The first-order valence-electron chi connectivity index (χ1n) is 1.89. The fourth-order valence-electron chi connectivity index (χ4n) is 0.283. The van der Waals surface area contributed by atoms with E-state index in [1.165, 1.54) is 12.3 Å². The van der Waals surface area contributed by atoms with Crippen molar-refractivity contribution in [2.24, 2.45) is 10.1 Å². The van der Waals surface area contributed by atoms with Crippen LogP contribution in [0.5, 0.6) is 0 Å². The van der Waals surface area contributed by atoms with Crippen LogP contribution in [0.3, 0.4) is 0 Å². The second-order valence-corrected chi connectivity index (χ2v) is 1.94. The number of nitrogens with two attached hydrogens (primary N) is 1. The molecule has 0 bridgehead atoms. The van der Waals surface area contributed by atoms with Gasteiger partial charge in [0.2, 0.25) is 0 Å². The molecule has 0 amide bonds. The average Bonchev–Trinajstić information content (AvgIpc) is 1.64. The van der Waals surface area contributed by atoms with E-state index in [0.29, 0.717) is 0 Å². The van der Waals surface area contributed by atoms with Crippen molar-refractivity contribution in [1.82, 2.24) is 0 Å². The summed E-state index contributed by atoms with van der Waals surface area (Å²) in [5, 5.41) is 0. The lowest BCUT2D eigenvalue weighted by molar-refractivity contribution is 0.505. The Morgan fingerprint density at radius 3 is 3.00 bits per heavy atom. The summed E-state index contributed by atoms with van der Waals surface area (Å²) < 4.78 is 18.0. The lowest BCUT2D eigenvalue weighted by Crippen LogP contribution is -2.12. The highest BCUT2D eigenvalue weighted by atomic mass is 32.2. The van der Waals surface area contributed by atoms with Gasteiger partial charge in [0.15, 0.2) is 0 Å². The van der Waals surface area contributed by atoms with Crippen LogP contribution in [-0.4, -0.2) is 10.0 Å². The van der Waals surface area contributed by atoms with Crippen LogP contribution >= 0.6 is 0 Å². The molecule has 1 atom stereocenters. The first-order chi connectivity index (χ1) is 3.79. The van der Waals surface area contributed by atoms with Crippen LogP contribution < -0.4 is 5.73 Å². The van der Waals surface area contributed by atoms with E-state index in [9.17, 15) is 4.21 Å². The molecule has 5 heteroatoms. The molecule has 0 radical (unpaired) electrons. The topological polar surface area (TPSA) is 64.7 Å². The van der Waals surface area contributed by atoms with E-state index in [1.54, 1.807) is 0 Å². The van der Waals surface area contributed by atoms with Crippen molar-refractivity contribution >= 4 is 17.1 Å². The molecule has 44 valence electrons. The minimum absolute atomic E-state index is 0.231. The maximum atomic E-state index is 10.2. The van der Waals surface area contributed by atoms with Crippen LogP contribution in [-0.2, 0) is 15.4 Å². The minimum atomic E-state index is -1.59. The molecule has 0 aromatic heterocycles. The molecule has 0 fully saturated rings. The predicted molar refractivity (Wildman–Crippen MR) is 30.0 cm³/mol. The van der Waals surface area contributed by atoms with Gasteiger partial charge >= 0.3 is 11.3 Å². The summed E-state index contributed by atoms with van der Waals surface area (Å²) in [5.41, 5.74) is 5.12. The lowest BCUT2D eigenvalue weighted by atomic mass is 10.6. The quantitative estimate of drug-likeness (QED) is 0.481. The summed E-state index contributed by atoms with van der Waals surface area (Å²) >= 11 is -1.59. The zero-order valence-corrected chi connectivity index (χ0v) is 4.72. The van der Waals surface area contributed by atoms with Crippen LogP contribution in [0, 0.1) is 0 Å². The molecular weight excluding hydrogens is 128 g/mol. The van der Waals surface area contributed by atoms with E-state index in [4.69, 9.17) is 5.73 Å². The second-order valence-electron chi connectivity index (χ2n) is 1.13. The van der Waals surface area contributed by atoms with Gasteiger partial charge in [0.25, 0.3) is 0 Å². The molecule has 0 saturated heterocycles. The van der Waals surface area contributed by atoms with Gasteiger partial charge in [-0.2, -0.15) is 4.21 Å². The van der Waals surface area contributed by atoms with Gasteiger partial charge < -0.3 is 9.92 Å². The molecule has 0 aliphatic carbocycles. The smallest absolute Gasteiger partial charge is 0.340 e. The molecule has 1 rings (SSSR count). The summed E-state index contributed by atoms with van der Waals surface area (Å²) in [7, 11) is 0. The van der Waals surface area contributed by atoms with E-state index in [2.05, 4.69) is 8.58 Å². The summed E-state index contributed by atoms with van der Waals surface area (Å²) in [6.07, 6.45) is 2.68. The third kappa shape index (κ3) is 1.06. The molecule has 2 N–H and O–H groups in total. The van der Waals surface area contributed by atoms with Crippen LogP contribution in [0.25, 0.3) is 0 Å². The van der Waals surface area contributed by atoms with Crippen LogP contribution in [0.15, 0.2) is 16.7 Å². The van der Waals surface area contributed by atoms with E-state index in [0.717, 1.165) is 0 Å². The van der Waals surface area contributed by atoms with Gasteiger partial charge in [-0.05, 0) is 0 Å². The Morgan fingerprint density at radius 1 is 1.88 bits per heavy atom. The van der Waals surface area contributed by atoms with Crippen molar-refractivity contribution in [3.63, 3.8) is 0 Å². The van der Waals surface area contributed by atoms with E-state index in [1.807, 2.05) is 0 Å². The zero-order chi connectivity index (χ0) is 5.98. The number of amidine groups is 1. The van der Waals surface area contributed by atoms with E-state index < -0.39 is 11.3 Å². The molecule has 0 aromatic rings. The third-order valence-electron chi connectivity index (χ3n) is 0.557. The molecule has 8 heavy (non-hydrogen) atoms. The highest BCUT2D eigenvalue weighted by Gasteiger charge is 1.99. The summed E-state index contributed by atoms with van der Waals surface area (Å²) in [6, 6.07) is 0. The molecule has 0 saturated carbocycles. The Bertz CT molecular complexity index is 174. The van der Waals surface area contributed by atoms with E-state index >= 15 is 0 Å². The largest absolute Gasteiger partial charge is 0.391 e. The van der Waals surface area contributed by atoms with Crippen LogP contribution in [0.1, 0.15) is 0 Å². The summed E-state index contributed by atoms with van der Waals surface area (Å²) in [4.78, 5) is 0. The number of rotatable bonds is 0. The van der Waals surface area contributed by atoms with Gasteiger partial charge in [-0.15, -0.1) is 4.40 Å². The molecule has 1 aliphatic rings. The van der Waals surface area contributed by atoms with Crippen molar-refractivity contribution in [3.8, 4) is 0 Å². The lowest BCUT2D eigenvalue weighted by Gasteiger charge is -1.97. The minimum Gasteiger partial charge on any atom is -0.391 e. The van der Waals surface area contributed by atoms with Gasteiger partial charge in [-0.1, -0.05) is 0 Å². The Kier molecular flexibility index (Phi) is 1.29. The van der Waals surface area contributed by atoms with Gasteiger partial charge in [-0.3, -0.25) is 0 Å². The number of hydrogen-bond donors (Lipinski definition) is 1. The monoisotopic (exact) mass is 132 g/mol. The van der Waals surface area contributed by atoms with E-state index in [-0.39, 0.29) is 5.84 Å². The molecule has 1 unspecified atom stereocenters. The highest BCUT2D eigenvalue weighted by Crippen LogP contribution is 1.94.